The number of hydrogen-bond acceptors (Lipinski definition) is 9. The van der Waals surface area contributed by atoms with Crippen LogP contribution in [-0.4, -0.2) is 47.0 Å². The molecule has 2 aromatic heterocycles. The summed E-state index contributed by atoms with van der Waals surface area (Å²) in [5, 5.41) is 15.6. The molecule has 8 nitrogen and oxygen atoms in total. The van der Waals surface area contributed by atoms with Crippen molar-refractivity contribution >= 4 is 56.4 Å². The van der Waals surface area contributed by atoms with Crippen LogP contribution in [0.3, 0.4) is 0 Å². The van der Waals surface area contributed by atoms with Gasteiger partial charge < -0.3 is 21.1 Å². The zero-order chi connectivity index (χ0) is 20.2. The van der Waals surface area contributed by atoms with E-state index in [4.69, 9.17) is 10.5 Å². The number of thiophene rings is 1. The molecule has 0 bridgehead atoms. The summed E-state index contributed by atoms with van der Waals surface area (Å²) < 4.78 is 6.30. The molecule has 156 valence electrons. The topological polar surface area (TPSA) is 119 Å². The molecule has 0 aromatic carbocycles. The quantitative estimate of drug-likeness (QED) is 0.526. The normalized spacial score (nSPS) is 18.4. The summed E-state index contributed by atoms with van der Waals surface area (Å²) in [5.74, 6) is -0.459. The molecule has 0 saturated carbocycles. The molecular weight excluding hydrogens is 430 g/mol. The number of hydrogen-bond donors (Lipinski definition) is 3. The van der Waals surface area contributed by atoms with Crippen LogP contribution < -0.4 is 16.4 Å². The van der Waals surface area contributed by atoms with Crippen molar-refractivity contribution in [2.75, 3.05) is 29.5 Å². The Hall–Kier alpha value is -1.69. The van der Waals surface area contributed by atoms with Gasteiger partial charge in [-0.3, -0.25) is 9.59 Å². The van der Waals surface area contributed by atoms with E-state index in [1.807, 2.05) is 0 Å². The number of nitrogens with two attached hydrogens (primary N) is 1. The number of nitrogens with one attached hydrogen (secondary N) is 2. The van der Waals surface area contributed by atoms with Crippen LogP contribution >= 0.6 is 34.4 Å². The molecule has 2 aromatic rings. The fraction of sp³-hybridized carbons (Fsp3) is 0.556. The van der Waals surface area contributed by atoms with Gasteiger partial charge in [0, 0.05) is 18.0 Å². The summed E-state index contributed by atoms with van der Waals surface area (Å²) in [6.07, 6.45) is 6.34. The van der Waals surface area contributed by atoms with Gasteiger partial charge in [0.15, 0.2) is 4.34 Å². The molecule has 4 N–H and O–H groups in total. The highest BCUT2D eigenvalue weighted by Gasteiger charge is 2.25. The highest BCUT2D eigenvalue weighted by atomic mass is 32.2. The van der Waals surface area contributed by atoms with Crippen LogP contribution in [0.1, 0.15) is 46.5 Å². The van der Waals surface area contributed by atoms with Crippen LogP contribution in [0.2, 0.25) is 0 Å². The Kier molecular flexibility index (Phi) is 6.68. The zero-order valence-electron chi connectivity index (χ0n) is 15.9. The number of rotatable bonds is 8. The van der Waals surface area contributed by atoms with Crippen molar-refractivity contribution in [2.24, 2.45) is 5.73 Å². The number of fused-ring (bicyclic) bond motifs is 1. The van der Waals surface area contributed by atoms with E-state index in [0.29, 0.717) is 10.6 Å². The third kappa shape index (κ3) is 5.08. The molecule has 0 unspecified atom stereocenters. The van der Waals surface area contributed by atoms with E-state index in [-0.39, 0.29) is 17.8 Å². The molecule has 0 spiro atoms. The van der Waals surface area contributed by atoms with Crippen molar-refractivity contribution in [3.8, 4) is 0 Å². The third-order valence-corrected chi connectivity index (χ3v) is 8.13. The molecule has 2 aliphatic rings. The molecule has 1 aliphatic carbocycles. The number of aromatic nitrogens is 2. The Bertz CT molecular complexity index is 891. The minimum absolute atomic E-state index is 0.180. The second-order valence-corrected chi connectivity index (χ2v) is 10.3. The molecule has 2 amide bonds. The van der Waals surface area contributed by atoms with E-state index in [2.05, 4.69) is 20.8 Å². The van der Waals surface area contributed by atoms with Crippen LogP contribution in [0.25, 0.3) is 0 Å². The predicted octanol–water partition coefficient (Wildman–Crippen LogP) is 2.90. The van der Waals surface area contributed by atoms with E-state index < -0.39 is 5.91 Å². The largest absolute Gasteiger partial charge is 0.376 e. The van der Waals surface area contributed by atoms with Crippen molar-refractivity contribution in [1.29, 1.82) is 0 Å². The second-order valence-electron chi connectivity index (χ2n) is 7.01. The number of carbonyl (C=O) groups excluding carboxylic acids is 2. The highest BCUT2D eigenvalue weighted by Crippen LogP contribution is 2.38. The Labute approximate surface area is 181 Å². The first-order chi connectivity index (χ1) is 14.1. The van der Waals surface area contributed by atoms with Crippen LogP contribution in [0.4, 0.5) is 10.1 Å². The van der Waals surface area contributed by atoms with Crippen LogP contribution in [0.15, 0.2) is 4.34 Å². The maximum atomic E-state index is 12.4. The van der Waals surface area contributed by atoms with Gasteiger partial charge in [0.05, 0.1) is 17.4 Å². The van der Waals surface area contributed by atoms with Gasteiger partial charge in [0.1, 0.15) is 5.00 Å². The van der Waals surface area contributed by atoms with Gasteiger partial charge in [-0.2, -0.15) is 0 Å². The smallest absolute Gasteiger partial charge is 0.251 e. The lowest BCUT2D eigenvalue weighted by Crippen LogP contribution is -2.19. The average Bonchev–Trinajstić information content (AvgIpc) is 3.43. The number of primary amides is 1. The minimum atomic E-state index is -0.474. The summed E-state index contributed by atoms with van der Waals surface area (Å²) in [5.41, 5.74) is 7.08. The first-order valence-corrected chi connectivity index (χ1v) is 12.3. The average molecular weight is 454 g/mol. The Morgan fingerprint density at radius 2 is 2.07 bits per heavy atom. The maximum absolute atomic E-state index is 12.4. The number of aryl methyl sites for hydroxylation is 1. The number of thioether (sulfide) groups is 1. The molecule has 0 radical (unpaired) electrons. The molecule has 1 atom stereocenters. The number of ether oxygens (including phenoxy) is 1. The molecule has 1 saturated heterocycles. The SMILES string of the molecule is NC(=O)c1c(NC(=O)CSc2nnc(NC[C@H]3CCCO3)s2)sc2c1CCCC2. The molecule has 11 heteroatoms. The van der Waals surface area contributed by atoms with Gasteiger partial charge in [-0.15, -0.1) is 21.5 Å². The fourth-order valence-corrected chi connectivity index (χ4v) is 6.42. The molecule has 4 rings (SSSR count). The summed E-state index contributed by atoms with van der Waals surface area (Å²) in [6.45, 7) is 1.54. The van der Waals surface area contributed by atoms with Gasteiger partial charge in [0.2, 0.25) is 11.0 Å². The lowest BCUT2D eigenvalue weighted by molar-refractivity contribution is -0.113. The lowest BCUT2D eigenvalue weighted by Gasteiger charge is -2.11. The predicted molar refractivity (Wildman–Crippen MR) is 116 cm³/mol. The molecule has 1 fully saturated rings. The fourth-order valence-electron chi connectivity index (χ4n) is 3.55. The van der Waals surface area contributed by atoms with E-state index in [1.165, 1.54) is 39.3 Å². The summed E-state index contributed by atoms with van der Waals surface area (Å²) in [6, 6.07) is 0. The standard InChI is InChI=1S/C18H23N5O3S3/c19-15(25)14-11-5-1-2-6-12(11)28-16(14)21-13(24)9-27-18-23-22-17(29-18)20-8-10-4-3-7-26-10/h10H,1-9H2,(H2,19,25)(H,20,22)(H,21,24)/t10-/m1/s1. The Morgan fingerprint density at radius 1 is 1.21 bits per heavy atom. The number of nitrogens with zero attached hydrogens (tertiary/aromatic N) is 2. The minimum Gasteiger partial charge on any atom is -0.376 e. The highest BCUT2D eigenvalue weighted by molar-refractivity contribution is 8.01. The monoisotopic (exact) mass is 453 g/mol. The van der Waals surface area contributed by atoms with Gasteiger partial charge in [-0.1, -0.05) is 23.1 Å². The lowest BCUT2D eigenvalue weighted by atomic mass is 9.95. The van der Waals surface area contributed by atoms with Crippen LogP contribution in [0.5, 0.6) is 0 Å². The van der Waals surface area contributed by atoms with Crippen LogP contribution in [0, 0.1) is 0 Å². The zero-order valence-corrected chi connectivity index (χ0v) is 18.3. The summed E-state index contributed by atoms with van der Waals surface area (Å²) >= 11 is 4.22. The van der Waals surface area contributed by atoms with Gasteiger partial charge in [-0.25, -0.2) is 0 Å². The maximum Gasteiger partial charge on any atom is 0.251 e. The van der Waals surface area contributed by atoms with Crippen molar-refractivity contribution in [3.05, 3.63) is 16.0 Å². The van der Waals surface area contributed by atoms with Gasteiger partial charge in [-0.05, 0) is 44.1 Å². The van der Waals surface area contributed by atoms with Crippen molar-refractivity contribution < 1.29 is 14.3 Å². The molecule has 1 aliphatic heterocycles. The number of anilines is 2. The number of carbonyl (C=O) groups is 2. The van der Waals surface area contributed by atoms with E-state index >= 15 is 0 Å². The van der Waals surface area contributed by atoms with E-state index in [0.717, 1.165) is 66.7 Å². The second kappa shape index (κ2) is 9.41. The molecule has 29 heavy (non-hydrogen) atoms. The van der Waals surface area contributed by atoms with Crippen molar-refractivity contribution in [2.45, 2.75) is 49.0 Å². The number of amides is 2. The Balaban J connectivity index is 1.30. The van der Waals surface area contributed by atoms with Gasteiger partial charge in [0.25, 0.3) is 5.91 Å². The summed E-state index contributed by atoms with van der Waals surface area (Å²) in [4.78, 5) is 25.5. The van der Waals surface area contributed by atoms with Gasteiger partial charge >= 0.3 is 0 Å². The molecular formula is C18H23N5O3S3. The van der Waals surface area contributed by atoms with Crippen LogP contribution in [-0.2, 0) is 22.4 Å². The first-order valence-electron chi connectivity index (χ1n) is 9.66. The molecule has 3 heterocycles. The first kappa shape index (κ1) is 20.6. The summed E-state index contributed by atoms with van der Waals surface area (Å²) in [7, 11) is 0. The van der Waals surface area contributed by atoms with E-state index in [1.54, 1.807) is 0 Å². The van der Waals surface area contributed by atoms with E-state index in [9.17, 15) is 9.59 Å². The third-order valence-electron chi connectivity index (χ3n) is 4.91. The van der Waals surface area contributed by atoms with Crippen molar-refractivity contribution in [1.82, 2.24) is 10.2 Å². The van der Waals surface area contributed by atoms with Crippen molar-refractivity contribution in [3.63, 3.8) is 0 Å². The Morgan fingerprint density at radius 3 is 2.86 bits per heavy atom.